The van der Waals surface area contributed by atoms with Crippen molar-refractivity contribution in [2.75, 3.05) is 0 Å². The van der Waals surface area contributed by atoms with Gasteiger partial charge in [0.05, 0.1) is 11.6 Å². The molecule has 162 valence electrons. The highest BCUT2D eigenvalue weighted by Gasteiger charge is 2.32. The molecule has 31 heavy (non-hydrogen) atoms. The number of alkyl halides is 3. The first kappa shape index (κ1) is 22.3. The van der Waals surface area contributed by atoms with Crippen LogP contribution in [0.4, 0.5) is 13.2 Å². The van der Waals surface area contributed by atoms with Crippen LogP contribution in [-0.4, -0.2) is 26.5 Å². The van der Waals surface area contributed by atoms with Crippen LogP contribution in [0.15, 0.2) is 60.0 Å². The number of carbonyl (C=O) groups excluding carboxylic acids is 1. The quantitative estimate of drug-likeness (QED) is 0.346. The van der Waals surface area contributed by atoms with Crippen LogP contribution in [0.25, 0.3) is 0 Å². The molecule has 0 radical (unpaired) electrons. The number of rotatable bonds is 5. The smallest absolute Gasteiger partial charge is 0.355 e. The normalized spacial score (nSPS) is 13.0. The molecule has 0 aliphatic heterocycles. The number of halogens is 4. The molecule has 0 aliphatic carbocycles. The van der Waals surface area contributed by atoms with Crippen molar-refractivity contribution in [1.82, 2.24) is 20.1 Å². The Morgan fingerprint density at radius 1 is 1.23 bits per heavy atom. The molecule has 0 aliphatic rings. The summed E-state index contributed by atoms with van der Waals surface area (Å²) in [6.07, 6.45) is -3.36. The fraction of sp³-hybridized carbons (Fsp3) is 0.200. The van der Waals surface area contributed by atoms with Crippen molar-refractivity contribution in [2.45, 2.75) is 26.1 Å². The van der Waals surface area contributed by atoms with Crippen molar-refractivity contribution >= 4 is 23.3 Å². The lowest BCUT2D eigenvalue weighted by Gasteiger charge is -2.15. The van der Waals surface area contributed by atoms with Gasteiger partial charge in [0.1, 0.15) is 6.33 Å². The minimum Gasteiger partial charge on any atom is -0.355 e. The number of carbonyl (C=O) groups is 1. The molecule has 7 nitrogen and oxygen atoms in total. The predicted molar refractivity (Wildman–Crippen MR) is 108 cm³/mol. The molecule has 0 saturated carbocycles. The van der Waals surface area contributed by atoms with Crippen LogP contribution in [0.5, 0.6) is 5.75 Å². The zero-order chi connectivity index (χ0) is 22.6. The van der Waals surface area contributed by atoms with Gasteiger partial charge in [0, 0.05) is 10.6 Å². The van der Waals surface area contributed by atoms with Gasteiger partial charge in [-0.1, -0.05) is 35.0 Å². The zero-order valence-corrected chi connectivity index (χ0v) is 17.1. The average Bonchev–Trinajstić information content (AvgIpc) is 3.22. The van der Waals surface area contributed by atoms with E-state index in [1.807, 2.05) is 6.07 Å². The molecule has 0 spiro atoms. The van der Waals surface area contributed by atoms with Gasteiger partial charge in [0.15, 0.2) is 17.4 Å². The molecule has 1 N–H and O–H groups in total. The van der Waals surface area contributed by atoms with Gasteiger partial charge in [-0.15, -0.1) is 0 Å². The molecule has 1 unspecified atom stereocenters. The number of amides is 1. The fourth-order valence-corrected chi connectivity index (χ4v) is 2.90. The lowest BCUT2D eigenvalue weighted by Crippen LogP contribution is -2.30. The van der Waals surface area contributed by atoms with E-state index >= 15 is 0 Å². The summed E-state index contributed by atoms with van der Waals surface area (Å²) in [5, 5.41) is 10.4. The number of nitrogens with zero attached hydrogens (tertiary/aromatic N) is 4. The third kappa shape index (κ3) is 5.60. The lowest BCUT2D eigenvalue weighted by molar-refractivity contribution is -0.137. The Labute approximate surface area is 180 Å². The van der Waals surface area contributed by atoms with Gasteiger partial charge in [-0.2, -0.15) is 23.0 Å². The number of para-hydroxylation sites is 1. The zero-order valence-electron chi connectivity index (χ0n) is 16.4. The molecular formula is C20H17ClF3N5O2. The maximum atomic E-state index is 13.0. The Hall–Kier alpha value is -3.40. The first-order valence-corrected chi connectivity index (χ1v) is 9.38. The Kier molecular flexibility index (Phi) is 6.59. The van der Waals surface area contributed by atoms with Crippen molar-refractivity contribution in [3.8, 4) is 5.75 Å². The Balaban J connectivity index is 1.76. The minimum atomic E-state index is -4.63. The van der Waals surface area contributed by atoms with Crippen LogP contribution in [-0.2, 0) is 6.18 Å². The largest absolute Gasteiger partial charge is 0.416 e. The summed E-state index contributed by atoms with van der Waals surface area (Å²) in [6, 6.07) is 10.8. The van der Waals surface area contributed by atoms with E-state index in [0.717, 1.165) is 18.2 Å². The second-order valence-electron chi connectivity index (χ2n) is 6.49. The standard InChI is InChI=1S/C20H17ClF3N5O2/c1-12(27-19(30)14-8-15(20(22,23)24)10-16(21)9-14)18-25-11-26-29(18)13(2)28-31-17-6-4-3-5-7-17/h3-12H,1-2H3,(H,27,30). The van der Waals surface area contributed by atoms with Gasteiger partial charge in [0.2, 0.25) is 0 Å². The van der Waals surface area contributed by atoms with Crippen molar-refractivity contribution < 1.29 is 22.8 Å². The van der Waals surface area contributed by atoms with Crippen LogP contribution in [0.1, 0.15) is 41.6 Å². The number of nitrogens with one attached hydrogen (secondary N) is 1. The van der Waals surface area contributed by atoms with Crippen molar-refractivity contribution in [3.05, 3.63) is 76.8 Å². The molecule has 3 rings (SSSR count). The van der Waals surface area contributed by atoms with E-state index in [-0.39, 0.29) is 10.6 Å². The molecule has 1 atom stereocenters. The topological polar surface area (TPSA) is 81.4 Å². The van der Waals surface area contributed by atoms with Gasteiger partial charge >= 0.3 is 6.18 Å². The van der Waals surface area contributed by atoms with E-state index in [2.05, 4.69) is 20.6 Å². The SMILES string of the molecule is CC(=NOc1ccccc1)n1ncnc1C(C)NC(=O)c1cc(Cl)cc(C(F)(F)F)c1. The van der Waals surface area contributed by atoms with Gasteiger partial charge in [-0.3, -0.25) is 4.79 Å². The summed E-state index contributed by atoms with van der Waals surface area (Å²) in [7, 11) is 0. The highest BCUT2D eigenvalue weighted by Crippen LogP contribution is 2.32. The van der Waals surface area contributed by atoms with Crippen molar-refractivity contribution in [2.24, 2.45) is 5.16 Å². The number of aromatic nitrogens is 3. The fourth-order valence-electron chi connectivity index (χ4n) is 2.66. The summed E-state index contributed by atoms with van der Waals surface area (Å²) in [6.45, 7) is 3.24. The Bertz CT molecular complexity index is 1100. The monoisotopic (exact) mass is 451 g/mol. The molecular weight excluding hydrogens is 435 g/mol. The summed E-state index contributed by atoms with van der Waals surface area (Å²) in [4.78, 5) is 22.0. The molecule has 2 aromatic carbocycles. The molecule has 1 aromatic heterocycles. The third-order valence-electron chi connectivity index (χ3n) is 4.13. The van der Waals surface area contributed by atoms with Crippen molar-refractivity contribution in [1.29, 1.82) is 0 Å². The first-order chi connectivity index (χ1) is 14.6. The maximum Gasteiger partial charge on any atom is 0.416 e. The van der Waals surface area contributed by atoms with Crippen LogP contribution >= 0.6 is 11.6 Å². The molecule has 1 amide bonds. The summed E-state index contributed by atoms with van der Waals surface area (Å²) >= 11 is 5.75. The molecule has 0 saturated heterocycles. The van der Waals surface area contributed by atoms with Crippen LogP contribution in [0.2, 0.25) is 5.02 Å². The van der Waals surface area contributed by atoms with E-state index in [1.54, 1.807) is 38.1 Å². The molecule has 0 fully saturated rings. The second-order valence-corrected chi connectivity index (χ2v) is 6.93. The lowest BCUT2D eigenvalue weighted by atomic mass is 10.1. The van der Waals surface area contributed by atoms with E-state index in [9.17, 15) is 18.0 Å². The Morgan fingerprint density at radius 3 is 2.61 bits per heavy atom. The first-order valence-electron chi connectivity index (χ1n) is 9.01. The van der Waals surface area contributed by atoms with E-state index in [1.165, 1.54) is 11.0 Å². The number of oxime groups is 1. The van der Waals surface area contributed by atoms with Crippen molar-refractivity contribution in [3.63, 3.8) is 0 Å². The van der Waals surface area contributed by atoms with Crippen LogP contribution in [0, 0.1) is 0 Å². The van der Waals surface area contributed by atoms with E-state index in [0.29, 0.717) is 17.4 Å². The molecule has 1 heterocycles. The summed E-state index contributed by atoms with van der Waals surface area (Å²) in [5.74, 6) is 0.417. The molecule has 0 bridgehead atoms. The minimum absolute atomic E-state index is 0.197. The van der Waals surface area contributed by atoms with Gasteiger partial charge in [-0.25, -0.2) is 4.98 Å². The van der Waals surface area contributed by atoms with Crippen LogP contribution in [0.3, 0.4) is 0 Å². The third-order valence-corrected chi connectivity index (χ3v) is 4.35. The summed E-state index contributed by atoms with van der Waals surface area (Å²) < 4.78 is 40.3. The van der Waals surface area contributed by atoms with Gasteiger partial charge < -0.3 is 10.2 Å². The number of hydrogen-bond acceptors (Lipinski definition) is 5. The average molecular weight is 452 g/mol. The van der Waals surface area contributed by atoms with Crippen LogP contribution < -0.4 is 10.2 Å². The number of benzene rings is 2. The highest BCUT2D eigenvalue weighted by molar-refractivity contribution is 6.31. The molecule has 11 heteroatoms. The maximum absolute atomic E-state index is 13.0. The Morgan fingerprint density at radius 2 is 1.94 bits per heavy atom. The van der Waals surface area contributed by atoms with E-state index < -0.39 is 23.7 Å². The highest BCUT2D eigenvalue weighted by atomic mass is 35.5. The van der Waals surface area contributed by atoms with Gasteiger partial charge in [0.25, 0.3) is 5.91 Å². The van der Waals surface area contributed by atoms with E-state index in [4.69, 9.17) is 16.4 Å². The predicted octanol–water partition coefficient (Wildman–Crippen LogP) is 4.70. The summed E-state index contributed by atoms with van der Waals surface area (Å²) in [5.41, 5.74) is -1.24. The number of hydrogen-bond donors (Lipinski definition) is 1. The molecule has 3 aromatic rings. The van der Waals surface area contributed by atoms with Gasteiger partial charge in [-0.05, 0) is 44.2 Å². The second kappa shape index (κ2) is 9.17.